The molecule has 1 atom stereocenters. The quantitative estimate of drug-likeness (QED) is 0.525. The number of rotatable bonds is 9. The van der Waals surface area contributed by atoms with E-state index in [1.54, 1.807) is 6.20 Å². The predicted octanol–water partition coefficient (Wildman–Crippen LogP) is 4.06. The van der Waals surface area contributed by atoms with Gasteiger partial charge < -0.3 is 14.6 Å². The molecule has 0 radical (unpaired) electrons. The molecule has 7 heteroatoms. The fourth-order valence-electron chi connectivity index (χ4n) is 3.31. The van der Waals surface area contributed by atoms with Gasteiger partial charge in [0.2, 0.25) is 0 Å². The lowest BCUT2D eigenvalue weighted by Gasteiger charge is -2.19. The molecule has 0 aliphatic carbocycles. The maximum absolute atomic E-state index is 12.6. The van der Waals surface area contributed by atoms with Gasteiger partial charge in [0.25, 0.3) is 5.91 Å². The molecular weight excluding hydrogens is 398 g/mol. The molecule has 0 fully saturated rings. The molecule has 0 aliphatic rings. The highest BCUT2D eigenvalue weighted by molar-refractivity contribution is 7.14. The number of aromatic nitrogens is 2. The van der Waals surface area contributed by atoms with Crippen molar-refractivity contribution in [1.82, 2.24) is 14.9 Å². The highest BCUT2D eigenvalue weighted by Gasteiger charge is 2.22. The lowest BCUT2D eigenvalue weighted by atomic mass is 10.1. The number of thiophene rings is 1. The van der Waals surface area contributed by atoms with Crippen LogP contribution in [0.15, 0.2) is 48.8 Å². The van der Waals surface area contributed by atoms with Gasteiger partial charge in [0.05, 0.1) is 0 Å². The van der Waals surface area contributed by atoms with E-state index in [2.05, 4.69) is 24.1 Å². The Morgan fingerprint density at radius 3 is 2.63 bits per heavy atom. The van der Waals surface area contributed by atoms with Gasteiger partial charge in [0.1, 0.15) is 16.7 Å². The van der Waals surface area contributed by atoms with Gasteiger partial charge in [-0.15, -0.1) is 11.3 Å². The molecule has 3 rings (SSSR count). The van der Waals surface area contributed by atoms with Crippen molar-refractivity contribution < 1.29 is 14.3 Å². The largest absolute Gasteiger partial charge is 0.451 e. The third-order valence-corrected chi connectivity index (χ3v) is 6.06. The van der Waals surface area contributed by atoms with Gasteiger partial charge >= 0.3 is 5.97 Å². The fraction of sp³-hybridized carbons (Fsp3) is 0.348. The Morgan fingerprint density at radius 2 is 2.00 bits per heavy atom. The predicted molar refractivity (Wildman–Crippen MR) is 118 cm³/mol. The summed E-state index contributed by atoms with van der Waals surface area (Å²) in [6.45, 7) is 3.85. The van der Waals surface area contributed by atoms with E-state index >= 15 is 0 Å². The molecule has 1 N–H and O–H groups in total. The van der Waals surface area contributed by atoms with Crippen molar-refractivity contribution in [3.8, 4) is 0 Å². The van der Waals surface area contributed by atoms with Gasteiger partial charge in [-0.05, 0) is 30.0 Å². The number of nitrogens with zero attached hydrogens (tertiary/aromatic N) is 2. The summed E-state index contributed by atoms with van der Waals surface area (Å²) >= 11 is 1.46. The second kappa shape index (κ2) is 10.2. The van der Waals surface area contributed by atoms with Gasteiger partial charge in [0, 0.05) is 24.3 Å². The second-order valence-electron chi connectivity index (χ2n) is 7.05. The summed E-state index contributed by atoms with van der Waals surface area (Å²) < 4.78 is 7.16. The zero-order valence-corrected chi connectivity index (χ0v) is 18.4. The van der Waals surface area contributed by atoms with Crippen molar-refractivity contribution >= 4 is 23.2 Å². The Morgan fingerprint density at radius 1 is 1.23 bits per heavy atom. The Hall–Kier alpha value is -2.93. The molecule has 0 saturated carbocycles. The van der Waals surface area contributed by atoms with E-state index in [1.807, 2.05) is 54.2 Å². The van der Waals surface area contributed by atoms with Crippen LogP contribution in [0.4, 0.5) is 0 Å². The molecule has 158 valence electrons. The first-order chi connectivity index (χ1) is 14.5. The Kier molecular flexibility index (Phi) is 7.41. The summed E-state index contributed by atoms with van der Waals surface area (Å²) in [5.74, 6) is -0.127. The van der Waals surface area contributed by atoms with Crippen LogP contribution in [0.3, 0.4) is 0 Å². The fourth-order valence-corrected chi connectivity index (χ4v) is 4.56. The first-order valence-electron chi connectivity index (χ1n) is 10.1. The first-order valence-corrected chi connectivity index (χ1v) is 10.9. The summed E-state index contributed by atoms with van der Waals surface area (Å²) in [6, 6.07) is 11.1. The zero-order chi connectivity index (χ0) is 21.5. The number of benzene rings is 1. The Balaban J connectivity index is 1.66. The van der Waals surface area contributed by atoms with E-state index in [4.69, 9.17) is 4.74 Å². The Bertz CT molecular complexity index is 994. The summed E-state index contributed by atoms with van der Waals surface area (Å²) in [6.07, 6.45) is 6.37. The molecule has 6 nitrogen and oxygen atoms in total. The van der Waals surface area contributed by atoms with Crippen molar-refractivity contribution in [2.75, 3.05) is 6.61 Å². The van der Waals surface area contributed by atoms with E-state index in [1.165, 1.54) is 21.8 Å². The minimum absolute atomic E-state index is 0.338. The van der Waals surface area contributed by atoms with Crippen LogP contribution in [-0.2, 0) is 29.4 Å². The number of imidazole rings is 1. The smallest absolute Gasteiger partial charge is 0.348 e. The SMILES string of the molecule is CCCc1sc(C(=O)OCC(=O)NC(c2ccccc2)c2nccn2C)cc1CC. The highest BCUT2D eigenvalue weighted by Crippen LogP contribution is 2.25. The number of hydrogen-bond donors (Lipinski definition) is 1. The van der Waals surface area contributed by atoms with Crippen LogP contribution in [0.5, 0.6) is 0 Å². The van der Waals surface area contributed by atoms with Gasteiger partial charge in [-0.3, -0.25) is 4.79 Å². The topological polar surface area (TPSA) is 73.2 Å². The number of esters is 1. The van der Waals surface area contributed by atoms with Crippen molar-refractivity contribution in [1.29, 1.82) is 0 Å². The number of aryl methyl sites for hydroxylation is 3. The monoisotopic (exact) mass is 425 g/mol. The van der Waals surface area contributed by atoms with Crippen LogP contribution in [0.1, 0.15) is 57.8 Å². The van der Waals surface area contributed by atoms with Crippen LogP contribution >= 0.6 is 11.3 Å². The normalized spacial score (nSPS) is 11.8. The Labute approximate surface area is 180 Å². The van der Waals surface area contributed by atoms with Crippen LogP contribution < -0.4 is 5.32 Å². The lowest BCUT2D eigenvalue weighted by Crippen LogP contribution is -2.34. The maximum atomic E-state index is 12.6. The van der Waals surface area contributed by atoms with Crippen molar-refractivity contribution in [3.63, 3.8) is 0 Å². The minimum atomic E-state index is -0.458. The van der Waals surface area contributed by atoms with Crippen LogP contribution in [-0.4, -0.2) is 28.0 Å². The molecule has 1 aromatic carbocycles. The van der Waals surface area contributed by atoms with E-state index in [0.29, 0.717) is 10.7 Å². The standard InChI is InChI=1S/C23H27N3O3S/c1-4-9-18-16(5-2)14-19(30-18)23(28)29-15-20(27)25-21(17-10-7-6-8-11-17)22-24-12-13-26(22)3/h6-8,10-14,21H,4-5,9,15H2,1-3H3,(H,25,27). The van der Waals surface area contributed by atoms with Crippen LogP contribution in [0.2, 0.25) is 0 Å². The molecule has 0 spiro atoms. The summed E-state index contributed by atoms with van der Waals surface area (Å²) in [5, 5.41) is 2.94. The number of hydrogen-bond acceptors (Lipinski definition) is 5. The summed E-state index contributed by atoms with van der Waals surface area (Å²) in [7, 11) is 1.88. The van der Waals surface area contributed by atoms with Crippen molar-refractivity contribution in [2.24, 2.45) is 7.05 Å². The number of ether oxygens (including phenoxy) is 1. The molecular formula is C23H27N3O3S. The average Bonchev–Trinajstić information content (AvgIpc) is 3.37. The summed E-state index contributed by atoms with van der Waals surface area (Å²) in [4.78, 5) is 31.2. The highest BCUT2D eigenvalue weighted by atomic mass is 32.1. The van der Waals surface area contributed by atoms with Crippen molar-refractivity contribution in [2.45, 2.75) is 39.2 Å². The number of carbonyl (C=O) groups excluding carboxylic acids is 2. The van der Waals surface area contributed by atoms with Crippen LogP contribution in [0.25, 0.3) is 0 Å². The number of nitrogens with one attached hydrogen (secondary N) is 1. The van der Waals surface area contributed by atoms with E-state index in [-0.39, 0.29) is 12.5 Å². The third-order valence-electron chi connectivity index (χ3n) is 4.85. The van der Waals surface area contributed by atoms with E-state index < -0.39 is 12.0 Å². The molecule has 1 unspecified atom stereocenters. The van der Waals surface area contributed by atoms with E-state index in [9.17, 15) is 9.59 Å². The lowest BCUT2D eigenvalue weighted by molar-refractivity contribution is -0.124. The van der Waals surface area contributed by atoms with E-state index in [0.717, 1.165) is 24.8 Å². The molecule has 0 bridgehead atoms. The third kappa shape index (κ3) is 5.16. The maximum Gasteiger partial charge on any atom is 0.348 e. The average molecular weight is 426 g/mol. The molecule has 0 aliphatic heterocycles. The summed E-state index contributed by atoms with van der Waals surface area (Å²) in [5.41, 5.74) is 2.08. The molecule has 1 amide bonds. The van der Waals surface area contributed by atoms with Gasteiger partial charge in [-0.25, -0.2) is 9.78 Å². The van der Waals surface area contributed by atoms with Crippen LogP contribution in [0, 0.1) is 0 Å². The van der Waals surface area contributed by atoms with Gasteiger partial charge in [-0.1, -0.05) is 50.6 Å². The number of amides is 1. The minimum Gasteiger partial charge on any atom is -0.451 e. The zero-order valence-electron chi connectivity index (χ0n) is 17.6. The molecule has 3 aromatic rings. The van der Waals surface area contributed by atoms with Gasteiger partial charge in [0.15, 0.2) is 6.61 Å². The molecule has 30 heavy (non-hydrogen) atoms. The molecule has 0 saturated heterocycles. The number of carbonyl (C=O) groups is 2. The van der Waals surface area contributed by atoms with Crippen molar-refractivity contribution in [3.05, 3.63) is 75.5 Å². The molecule has 2 aromatic heterocycles. The first kappa shape index (κ1) is 21.8. The second-order valence-corrected chi connectivity index (χ2v) is 8.18. The molecule has 2 heterocycles. The van der Waals surface area contributed by atoms with Gasteiger partial charge in [-0.2, -0.15) is 0 Å².